The minimum atomic E-state index is -3.50. The van der Waals surface area contributed by atoms with Gasteiger partial charge in [0.2, 0.25) is 10.0 Å². The predicted octanol–water partition coefficient (Wildman–Crippen LogP) is 3.82. The molecule has 0 radical (unpaired) electrons. The SMILES string of the molecule is COc1ccc(Cl)cc1C1(CNS(=O)(=O)Cc2ccccc2C)CCOCC1. The molecule has 0 atom stereocenters. The normalized spacial score (nSPS) is 16.7. The van der Waals surface area contributed by atoms with Gasteiger partial charge in [0.25, 0.3) is 0 Å². The molecule has 5 nitrogen and oxygen atoms in total. The first-order valence-corrected chi connectivity index (χ1v) is 11.3. The van der Waals surface area contributed by atoms with E-state index in [-0.39, 0.29) is 12.3 Å². The van der Waals surface area contributed by atoms with Crippen molar-refractivity contribution >= 4 is 21.6 Å². The third kappa shape index (κ3) is 4.87. The van der Waals surface area contributed by atoms with Crippen LogP contribution in [0.25, 0.3) is 0 Å². The fourth-order valence-electron chi connectivity index (χ4n) is 3.67. The zero-order valence-electron chi connectivity index (χ0n) is 16.2. The molecular weight excluding hydrogens is 398 g/mol. The summed E-state index contributed by atoms with van der Waals surface area (Å²) in [7, 11) is -1.88. The number of rotatable bonds is 7. The van der Waals surface area contributed by atoms with E-state index in [1.165, 1.54) is 0 Å². The second kappa shape index (κ2) is 8.82. The molecule has 0 aromatic heterocycles. The number of ether oxygens (including phenoxy) is 2. The average molecular weight is 424 g/mol. The van der Waals surface area contributed by atoms with Crippen molar-refractivity contribution in [3.8, 4) is 5.75 Å². The third-order valence-electron chi connectivity index (χ3n) is 5.42. The number of sulfonamides is 1. The first-order valence-electron chi connectivity index (χ1n) is 9.29. The van der Waals surface area contributed by atoms with Crippen molar-refractivity contribution in [2.45, 2.75) is 30.9 Å². The van der Waals surface area contributed by atoms with E-state index in [4.69, 9.17) is 21.1 Å². The molecule has 7 heteroatoms. The minimum absolute atomic E-state index is 0.0427. The van der Waals surface area contributed by atoms with E-state index in [9.17, 15) is 8.42 Å². The van der Waals surface area contributed by atoms with Crippen LogP contribution in [0, 0.1) is 6.92 Å². The van der Waals surface area contributed by atoms with Gasteiger partial charge in [0.05, 0.1) is 12.9 Å². The van der Waals surface area contributed by atoms with E-state index in [1.54, 1.807) is 13.2 Å². The zero-order valence-corrected chi connectivity index (χ0v) is 17.8. The highest BCUT2D eigenvalue weighted by Crippen LogP contribution is 2.40. The number of hydrogen-bond donors (Lipinski definition) is 1. The van der Waals surface area contributed by atoms with Crippen LogP contribution in [0.5, 0.6) is 5.75 Å². The summed E-state index contributed by atoms with van der Waals surface area (Å²) in [6.07, 6.45) is 1.38. The molecule has 1 saturated heterocycles. The number of aryl methyl sites for hydroxylation is 1. The van der Waals surface area contributed by atoms with Crippen molar-refractivity contribution in [1.82, 2.24) is 4.72 Å². The number of hydrogen-bond acceptors (Lipinski definition) is 4. The fourth-order valence-corrected chi connectivity index (χ4v) is 5.18. The van der Waals surface area contributed by atoms with Crippen LogP contribution in [-0.2, 0) is 25.9 Å². The number of halogens is 1. The first-order chi connectivity index (χ1) is 13.4. The first kappa shape index (κ1) is 21.1. The Morgan fingerprint density at radius 2 is 1.89 bits per heavy atom. The summed E-state index contributed by atoms with van der Waals surface area (Å²) in [6, 6.07) is 13.0. The summed E-state index contributed by atoms with van der Waals surface area (Å²) in [5.74, 6) is 0.670. The van der Waals surface area contributed by atoms with Crippen LogP contribution in [-0.4, -0.2) is 35.3 Å². The summed E-state index contributed by atoms with van der Waals surface area (Å²) in [5, 5.41) is 0.601. The van der Waals surface area contributed by atoms with Crippen LogP contribution in [0.1, 0.15) is 29.5 Å². The van der Waals surface area contributed by atoms with E-state index in [0.29, 0.717) is 36.8 Å². The number of nitrogens with one attached hydrogen (secondary N) is 1. The molecule has 28 heavy (non-hydrogen) atoms. The van der Waals surface area contributed by atoms with Gasteiger partial charge in [0, 0.05) is 35.8 Å². The van der Waals surface area contributed by atoms with Gasteiger partial charge in [-0.1, -0.05) is 35.9 Å². The number of benzene rings is 2. The highest BCUT2D eigenvalue weighted by Gasteiger charge is 2.38. The maximum atomic E-state index is 12.8. The molecule has 1 fully saturated rings. The Morgan fingerprint density at radius 3 is 2.57 bits per heavy atom. The summed E-state index contributed by atoms with van der Waals surface area (Å²) in [6.45, 7) is 3.33. The van der Waals surface area contributed by atoms with Crippen LogP contribution in [0.15, 0.2) is 42.5 Å². The van der Waals surface area contributed by atoms with Crippen molar-refractivity contribution in [3.05, 3.63) is 64.2 Å². The molecule has 1 aliphatic rings. The zero-order chi connectivity index (χ0) is 20.2. The van der Waals surface area contributed by atoms with E-state index in [1.807, 2.05) is 43.3 Å². The van der Waals surface area contributed by atoms with Gasteiger partial charge >= 0.3 is 0 Å². The molecule has 0 unspecified atom stereocenters. The molecular formula is C21H26ClNO4S. The van der Waals surface area contributed by atoms with E-state index in [0.717, 1.165) is 16.7 Å². The lowest BCUT2D eigenvalue weighted by Gasteiger charge is -2.38. The highest BCUT2D eigenvalue weighted by molar-refractivity contribution is 7.88. The molecule has 3 rings (SSSR count). The van der Waals surface area contributed by atoms with Crippen molar-refractivity contribution in [3.63, 3.8) is 0 Å². The van der Waals surface area contributed by atoms with Gasteiger partial charge in [-0.15, -0.1) is 0 Å². The van der Waals surface area contributed by atoms with Crippen molar-refractivity contribution in [2.75, 3.05) is 26.9 Å². The lowest BCUT2D eigenvalue weighted by Crippen LogP contribution is -2.45. The fraction of sp³-hybridized carbons (Fsp3) is 0.429. The summed E-state index contributed by atoms with van der Waals surface area (Å²) >= 11 is 6.24. The highest BCUT2D eigenvalue weighted by atomic mass is 35.5. The molecule has 0 bridgehead atoms. The van der Waals surface area contributed by atoms with Crippen LogP contribution >= 0.6 is 11.6 Å². The van der Waals surface area contributed by atoms with Gasteiger partial charge in [-0.25, -0.2) is 13.1 Å². The predicted molar refractivity (Wildman–Crippen MR) is 112 cm³/mol. The van der Waals surface area contributed by atoms with E-state index >= 15 is 0 Å². The van der Waals surface area contributed by atoms with Gasteiger partial charge in [-0.2, -0.15) is 0 Å². The molecule has 2 aromatic carbocycles. The Morgan fingerprint density at radius 1 is 1.18 bits per heavy atom. The molecule has 2 aromatic rings. The lowest BCUT2D eigenvalue weighted by atomic mass is 9.74. The Bertz CT molecular complexity index is 924. The van der Waals surface area contributed by atoms with Gasteiger partial charge in [-0.3, -0.25) is 0 Å². The third-order valence-corrected chi connectivity index (χ3v) is 6.93. The maximum absolute atomic E-state index is 12.8. The van der Waals surface area contributed by atoms with Gasteiger partial charge in [0.1, 0.15) is 5.75 Å². The van der Waals surface area contributed by atoms with E-state index < -0.39 is 15.4 Å². The quantitative estimate of drug-likeness (QED) is 0.735. The molecule has 1 N–H and O–H groups in total. The lowest BCUT2D eigenvalue weighted by molar-refractivity contribution is 0.0509. The minimum Gasteiger partial charge on any atom is -0.496 e. The van der Waals surface area contributed by atoms with Crippen LogP contribution in [0.4, 0.5) is 0 Å². The van der Waals surface area contributed by atoms with E-state index in [2.05, 4.69) is 4.72 Å². The van der Waals surface area contributed by atoms with Crippen LogP contribution in [0.2, 0.25) is 5.02 Å². The Kier molecular flexibility index (Phi) is 6.65. The summed E-state index contributed by atoms with van der Waals surface area (Å²) < 4.78 is 39.5. The number of methoxy groups -OCH3 is 1. The molecule has 0 spiro atoms. The van der Waals surface area contributed by atoms with Crippen LogP contribution in [0.3, 0.4) is 0 Å². The van der Waals surface area contributed by atoms with Crippen molar-refractivity contribution in [2.24, 2.45) is 0 Å². The second-order valence-corrected chi connectivity index (χ2v) is 9.49. The maximum Gasteiger partial charge on any atom is 0.215 e. The Hall–Kier alpha value is -1.60. The van der Waals surface area contributed by atoms with Crippen LogP contribution < -0.4 is 9.46 Å². The van der Waals surface area contributed by atoms with Gasteiger partial charge in [-0.05, 0) is 49.1 Å². The summed E-state index contributed by atoms with van der Waals surface area (Å²) in [4.78, 5) is 0. The molecule has 1 heterocycles. The Labute approximate surface area is 172 Å². The van der Waals surface area contributed by atoms with Gasteiger partial charge in [0.15, 0.2) is 0 Å². The van der Waals surface area contributed by atoms with Crippen molar-refractivity contribution < 1.29 is 17.9 Å². The monoisotopic (exact) mass is 423 g/mol. The topological polar surface area (TPSA) is 64.6 Å². The molecule has 0 saturated carbocycles. The van der Waals surface area contributed by atoms with Crippen molar-refractivity contribution in [1.29, 1.82) is 0 Å². The average Bonchev–Trinajstić information content (AvgIpc) is 2.69. The smallest absolute Gasteiger partial charge is 0.215 e. The second-order valence-electron chi connectivity index (χ2n) is 7.24. The van der Waals surface area contributed by atoms with Gasteiger partial charge < -0.3 is 9.47 Å². The molecule has 0 aliphatic carbocycles. The largest absolute Gasteiger partial charge is 0.496 e. The Balaban J connectivity index is 1.86. The molecule has 152 valence electrons. The molecule has 0 amide bonds. The standard InChI is InChI=1S/C21H26ClNO4S/c1-16-5-3-4-6-17(16)14-28(24,25)23-15-21(9-11-27-12-10-21)19-13-18(22)7-8-20(19)26-2/h3-8,13,23H,9-12,14-15H2,1-2H3. The molecule has 1 aliphatic heterocycles. The summed E-state index contributed by atoms with van der Waals surface area (Å²) in [5.41, 5.74) is 2.26.